The van der Waals surface area contributed by atoms with Crippen molar-refractivity contribution >= 4 is 90.9 Å². The van der Waals surface area contributed by atoms with Crippen molar-refractivity contribution in [2.75, 3.05) is 10.8 Å². The fourth-order valence-electron chi connectivity index (χ4n) is 6.31. The van der Waals surface area contributed by atoms with E-state index in [9.17, 15) is 19.2 Å². The first kappa shape index (κ1) is 32.6. The van der Waals surface area contributed by atoms with Crippen LogP contribution in [0.1, 0.15) is 58.4 Å². The molecule has 1 saturated heterocycles. The van der Waals surface area contributed by atoms with Crippen LogP contribution in [0, 0.1) is 18.8 Å². The standard InChI is InChI=1S/C35H28BrCl3N2O5/c1-18-30(39)27(36)16-25-26(35(45)46-29(14-15-37)32(42)20-6-10-21(38)11-7-20)17-28(40-31(18)25)19-8-12-22(13-9-19)41-33(43)23-4-2-3-5-24(23)34(41)44/h6-13,16-17,23-24,29H,2-5,14-15H2,1H3. The van der Waals surface area contributed by atoms with Crippen LogP contribution in [0.4, 0.5) is 5.69 Å². The molecule has 2 fully saturated rings. The van der Waals surface area contributed by atoms with Gasteiger partial charge in [-0.25, -0.2) is 9.78 Å². The van der Waals surface area contributed by atoms with Crippen molar-refractivity contribution in [3.05, 3.63) is 91.9 Å². The third-order valence-electron chi connectivity index (χ3n) is 8.75. The molecule has 3 atom stereocenters. The lowest BCUT2D eigenvalue weighted by Gasteiger charge is -2.19. The van der Waals surface area contributed by atoms with Crippen molar-refractivity contribution in [1.29, 1.82) is 0 Å². The molecule has 6 rings (SSSR count). The minimum Gasteiger partial charge on any atom is -0.450 e. The van der Waals surface area contributed by atoms with Crippen LogP contribution < -0.4 is 4.90 Å². The van der Waals surface area contributed by atoms with Gasteiger partial charge >= 0.3 is 5.97 Å². The molecule has 3 unspecified atom stereocenters. The van der Waals surface area contributed by atoms with Crippen LogP contribution in [0.3, 0.4) is 0 Å². The molecular formula is C35H28BrCl3N2O5. The minimum absolute atomic E-state index is 0.0930. The Hall–Kier alpha value is -3.30. The Kier molecular flexibility index (Phi) is 9.53. The van der Waals surface area contributed by atoms with E-state index in [4.69, 9.17) is 44.5 Å². The summed E-state index contributed by atoms with van der Waals surface area (Å²) < 4.78 is 6.40. The van der Waals surface area contributed by atoms with Crippen molar-refractivity contribution in [3.63, 3.8) is 0 Å². The summed E-state index contributed by atoms with van der Waals surface area (Å²) in [7, 11) is 0. The number of nitrogens with zero attached hydrogens (tertiary/aromatic N) is 2. The van der Waals surface area contributed by atoms with Gasteiger partial charge in [0, 0.05) is 38.3 Å². The molecule has 0 N–H and O–H groups in total. The molecule has 1 aliphatic heterocycles. The van der Waals surface area contributed by atoms with E-state index in [1.165, 1.54) is 4.90 Å². The molecule has 0 spiro atoms. The SMILES string of the molecule is Cc1c(Cl)c(Br)cc2c(C(=O)OC(CCCl)C(=O)c3ccc(Cl)cc3)cc(-c3ccc(N4C(=O)C5CCCCC5C4=O)cc3)nc12. The molecule has 3 aromatic carbocycles. The second-order valence-corrected chi connectivity index (χ2v) is 13.6. The van der Waals surface area contributed by atoms with Crippen LogP contribution in [0.15, 0.2) is 65.1 Å². The Morgan fingerprint density at radius 1 is 0.978 bits per heavy atom. The predicted octanol–water partition coefficient (Wildman–Crippen LogP) is 9.00. The van der Waals surface area contributed by atoms with E-state index < -0.39 is 17.9 Å². The van der Waals surface area contributed by atoms with Crippen LogP contribution in [-0.2, 0) is 14.3 Å². The average Bonchev–Trinajstić information content (AvgIpc) is 3.32. The quantitative estimate of drug-likeness (QED) is 0.0775. The number of halogens is 4. The van der Waals surface area contributed by atoms with Gasteiger partial charge in [0.15, 0.2) is 6.10 Å². The number of benzene rings is 3. The molecule has 1 aromatic heterocycles. The number of pyridine rings is 1. The molecule has 236 valence electrons. The van der Waals surface area contributed by atoms with E-state index in [0.717, 1.165) is 25.7 Å². The second kappa shape index (κ2) is 13.4. The molecular weight excluding hydrogens is 715 g/mol. The number of hydrogen-bond donors (Lipinski definition) is 0. The van der Waals surface area contributed by atoms with E-state index in [2.05, 4.69) is 15.9 Å². The van der Waals surface area contributed by atoms with Gasteiger partial charge in [-0.15, -0.1) is 11.6 Å². The maximum Gasteiger partial charge on any atom is 0.339 e. The first-order valence-corrected chi connectivity index (χ1v) is 17.0. The van der Waals surface area contributed by atoms with Gasteiger partial charge in [0.05, 0.1) is 39.3 Å². The number of fused-ring (bicyclic) bond motifs is 2. The largest absolute Gasteiger partial charge is 0.450 e. The molecule has 4 aromatic rings. The number of ketones is 1. The van der Waals surface area contributed by atoms with Gasteiger partial charge in [-0.3, -0.25) is 19.3 Å². The van der Waals surface area contributed by atoms with Gasteiger partial charge in [-0.05, 0) is 89.8 Å². The number of hydrogen-bond acceptors (Lipinski definition) is 6. The lowest BCUT2D eigenvalue weighted by atomic mass is 9.81. The summed E-state index contributed by atoms with van der Waals surface area (Å²) in [5.41, 5.74) is 3.23. The summed E-state index contributed by atoms with van der Waals surface area (Å²) >= 11 is 22.0. The Balaban J connectivity index is 1.36. The summed E-state index contributed by atoms with van der Waals surface area (Å²) in [5.74, 6) is -1.83. The fourth-order valence-corrected chi connectivity index (χ4v) is 7.30. The molecule has 0 bridgehead atoms. The third-order valence-corrected chi connectivity index (χ3v) is 10.6. The van der Waals surface area contributed by atoms with Crippen LogP contribution in [0.25, 0.3) is 22.2 Å². The predicted molar refractivity (Wildman–Crippen MR) is 183 cm³/mol. The average molecular weight is 743 g/mol. The molecule has 1 aliphatic carbocycles. The summed E-state index contributed by atoms with van der Waals surface area (Å²) in [6.45, 7) is 1.80. The normalized spacial score (nSPS) is 18.5. The number of alkyl halides is 1. The number of Topliss-reactive ketones (excluding diaryl/α,β-unsaturated/α-hetero) is 1. The fraction of sp³-hybridized carbons (Fsp3) is 0.286. The molecule has 7 nitrogen and oxygen atoms in total. The number of aromatic nitrogens is 1. The molecule has 2 aliphatic rings. The summed E-state index contributed by atoms with van der Waals surface area (Å²) in [4.78, 5) is 59.6. The van der Waals surface area contributed by atoms with Crippen molar-refractivity contribution in [3.8, 4) is 11.3 Å². The first-order valence-electron chi connectivity index (χ1n) is 14.9. The van der Waals surface area contributed by atoms with Crippen LogP contribution in [-0.4, -0.2) is 40.5 Å². The monoisotopic (exact) mass is 740 g/mol. The van der Waals surface area contributed by atoms with Gasteiger partial charge < -0.3 is 4.74 Å². The van der Waals surface area contributed by atoms with E-state index in [0.29, 0.717) is 53.5 Å². The van der Waals surface area contributed by atoms with Gasteiger partial charge in [-0.1, -0.05) is 48.2 Å². The van der Waals surface area contributed by atoms with Crippen molar-refractivity contribution in [1.82, 2.24) is 4.98 Å². The van der Waals surface area contributed by atoms with Crippen LogP contribution in [0.5, 0.6) is 0 Å². The topological polar surface area (TPSA) is 93.6 Å². The molecule has 2 amide bonds. The highest BCUT2D eigenvalue weighted by molar-refractivity contribution is 9.10. The lowest BCUT2D eigenvalue weighted by molar-refractivity contribution is -0.122. The first-order chi connectivity index (χ1) is 22.1. The van der Waals surface area contributed by atoms with Crippen molar-refractivity contribution in [2.45, 2.75) is 45.1 Å². The second-order valence-electron chi connectivity index (χ2n) is 11.5. The number of carbonyl (C=O) groups is 4. The number of aryl methyl sites for hydroxylation is 1. The molecule has 46 heavy (non-hydrogen) atoms. The minimum atomic E-state index is -1.13. The zero-order valence-electron chi connectivity index (χ0n) is 24.7. The molecule has 0 radical (unpaired) electrons. The van der Waals surface area contributed by atoms with Crippen molar-refractivity contribution in [2.24, 2.45) is 11.8 Å². The van der Waals surface area contributed by atoms with E-state index in [-0.39, 0.29) is 41.5 Å². The highest BCUT2D eigenvalue weighted by Crippen LogP contribution is 2.41. The summed E-state index contributed by atoms with van der Waals surface area (Å²) in [6, 6.07) is 16.6. The van der Waals surface area contributed by atoms with Gasteiger partial charge in [0.25, 0.3) is 0 Å². The lowest BCUT2D eigenvalue weighted by Crippen LogP contribution is -2.30. The Morgan fingerprint density at radius 2 is 1.61 bits per heavy atom. The number of esters is 1. The summed E-state index contributed by atoms with van der Waals surface area (Å²) in [6.07, 6.45) is 2.35. The van der Waals surface area contributed by atoms with Crippen molar-refractivity contribution < 1.29 is 23.9 Å². The number of anilines is 1. The highest BCUT2D eigenvalue weighted by Gasteiger charge is 2.48. The molecule has 2 heterocycles. The van der Waals surface area contributed by atoms with E-state index in [1.54, 1.807) is 67.6 Å². The smallest absolute Gasteiger partial charge is 0.339 e. The maximum atomic E-state index is 13.9. The molecule has 1 saturated carbocycles. The number of rotatable bonds is 8. The Morgan fingerprint density at radius 3 is 2.22 bits per heavy atom. The Labute approximate surface area is 289 Å². The van der Waals surface area contributed by atoms with E-state index >= 15 is 0 Å². The number of ether oxygens (including phenoxy) is 1. The highest BCUT2D eigenvalue weighted by atomic mass is 79.9. The molecule has 11 heteroatoms. The Bertz CT molecular complexity index is 1860. The number of imide groups is 1. The number of carbonyl (C=O) groups excluding carboxylic acids is 4. The van der Waals surface area contributed by atoms with Crippen LogP contribution in [0.2, 0.25) is 10.0 Å². The summed E-state index contributed by atoms with van der Waals surface area (Å²) in [5, 5.41) is 1.40. The number of amides is 2. The van der Waals surface area contributed by atoms with E-state index in [1.807, 2.05) is 0 Å². The zero-order valence-corrected chi connectivity index (χ0v) is 28.5. The van der Waals surface area contributed by atoms with Gasteiger partial charge in [-0.2, -0.15) is 0 Å². The van der Waals surface area contributed by atoms with Gasteiger partial charge in [0.2, 0.25) is 17.6 Å². The zero-order chi connectivity index (χ0) is 32.7. The van der Waals surface area contributed by atoms with Crippen LogP contribution >= 0.6 is 50.7 Å². The van der Waals surface area contributed by atoms with Gasteiger partial charge in [0.1, 0.15) is 0 Å². The maximum absolute atomic E-state index is 13.9. The third kappa shape index (κ3) is 6.08.